The van der Waals surface area contributed by atoms with Crippen molar-refractivity contribution in [3.05, 3.63) is 237 Å². The topological polar surface area (TPSA) is 6.48 Å². The molecule has 8 aromatic rings. The minimum atomic E-state index is -0.568. The molecule has 3 aliphatic rings. The molecule has 316 valence electrons. The summed E-state index contributed by atoms with van der Waals surface area (Å²) >= 11 is 0. The molecule has 0 aromatic heterocycles. The van der Waals surface area contributed by atoms with Crippen LogP contribution in [0, 0.1) is 13.8 Å². The minimum Gasteiger partial charge on any atom is -0.310 e. The van der Waals surface area contributed by atoms with E-state index in [1.165, 1.54) is 77.9 Å². The Morgan fingerprint density at radius 3 is 1.14 bits per heavy atom. The lowest BCUT2D eigenvalue weighted by Crippen LogP contribution is -2.31. The zero-order valence-electron chi connectivity index (χ0n) is 38.5. The first-order chi connectivity index (χ1) is 30.9. The van der Waals surface area contributed by atoms with Gasteiger partial charge in [0, 0.05) is 34.1 Å². The summed E-state index contributed by atoms with van der Waals surface area (Å²) in [6.07, 6.45) is 4.57. The number of hydrogen-bond acceptors (Lipinski definition) is 2. The molecule has 0 saturated carbocycles. The van der Waals surface area contributed by atoms with Crippen molar-refractivity contribution >= 4 is 34.1 Å². The number of benzene rings is 8. The van der Waals surface area contributed by atoms with E-state index in [1.54, 1.807) is 0 Å². The monoisotopic (exact) mass is 830 g/mol. The highest BCUT2D eigenvalue weighted by Gasteiger charge is 2.48. The molecule has 8 aromatic carbocycles. The van der Waals surface area contributed by atoms with Crippen LogP contribution in [0.15, 0.2) is 170 Å². The van der Waals surface area contributed by atoms with Gasteiger partial charge in [-0.1, -0.05) is 143 Å². The molecule has 11 rings (SSSR count). The fraction of sp³-hybridized carbons (Fsp3) is 0.226. The average Bonchev–Trinajstić information content (AvgIpc) is 3.56. The molecular formula is C62H58N2. The van der Waals surface area contributed by atoms with Gasteiger partial charge in [-0.25, -0.2) is 0 Å². The third kappa shape index (κ3) is 6.61. The van der Waals surface area contributed by atoms with Crippen LogP contribution in [0.25, 0.3) is 11.1 Å². The maximum atomic E-state index is 2.56. The van der Waals surface area contributed by atoms with Gasteiger partial charge in [0.05, 0.1) is 5.41 Å². The number of nitrogens with zero attached hydrogens (tertiary/aromatic N) is 2. The minimum absolute atomic E-state index is 0.0611. The van der Waals surface area contributed by atoms with Crippen LogP contribution in [-0.2, 0) is 36.5 Å². The zero-order valence-corrected chi connectivity index (χ0v) is 38.5. The molecular weight excluding hydrogens is 773 g/mol. The van der Waals surface area contributed by atoms with Gasteiger partial charge in [0.1, 0.15) is 0 Å². The maximum Gasteiger partial charge on any atom is 0.0715 e. The first-order valence-electron chi connectivity index (χ1n) is 23.4. The van der Waals surface area contributed by atoms with Crippen LogP contribution in [0.3, 0.4) is 0 Å². The normalized spacial score (nSPS) is 14.2. The molecule has 3 aliphatic carbocycles. The number of rotatable bonds is 9. The van der Waals surface area contributed by atoms with Gasteiger partial charge < -0.3 is 9.80 Å². The summed E-state index contributed by atoms with van der Waals surface area (Å²) < 4.78 is 0. The van der Waals surface area contributed by atoms with Gasteiger partial charge in [-0.15, -0.1) is 0 Å². The third-order valence-corrected chi connectivity index (χ3v) is 14.6. The van der Waals surface area contributed by atoms with Crippen molar-refractivity contribution in [1.29, 1.82) is 0 Å². The fourth-order valence-electron chi connectivity index (χ4n) is 10.6. The van der Waals surface area contributed by atoms with Crippen LogP contribution in [0.2, 0.25) is 0 Å². The summed E-state index contributed by atoms with van der Waals surface area (Å²) in [5, 5.41) is 0. The van der Waals surface area contributed by atoms with Gasteiger partial charge in [0.25, 0.3) is 0 Å². The Morgan fingerprint density at radius 1 is 0.406 bits per heavy atom. The number of anilines is 6. The Bertz CT molecular complexity index is 3000. The Labute approximate surface area is 380 Å². The largest absolute Gasteiger partial charge is 0.310 e. The SMILES string of the molecule is Cc1ccc(N(c2ccc(C(C)C)cc2)c2ccc3c(c2)C(c2ccc4c(c2)CC4)(c2ccc4c(c2)CC4)c2cc(N(c4ccc(C)cc4)c4ccc(C(C)(C)C)cc4)ccc2-3)cc1. The highest BCUT2D eigenvalue weighted by atomic mass is 15.1. The van der Waals surface area contributed by atoms with E-state index in [0.29, 0.717) is 5.92 Å². The van der Waals surface area contributed by atoms with E-state index in [0.717, 1.165) is 59.8 Å². The zero-order chi connectivity index (χ0) is 43.9. The van der Waals surface area contributed by atoms with Gasteiger partial charge in [-0.3, -0.25) is 0 Å². The van der Waals surface area contributed by atoms with Crippen molar-refractivity contribution in [3.63, 3.8) is 0 Å². The highest BCUT2D eigenvalue weighted by molar-refractivity contribution is 5.92. The van der Waals surface area contributed by atoms with E-state index >= 15 is 0 Å². The molecule has 0 radical (unpaired) electrons. The first-order valence-corrected chi connectivity index (χ1v) is 23.4. The number of fused-ring (bicyclic) bond motifs is 5. The van der Waals surface area contributed by atoms with E-state index < -0.39 is 5.41 Å². The lowest BCUT2D eigenvalue weighted by molar-refractivity contribution is 0.590. The maximum absolute atomic E-state index is 2.56. The van der Waals surface area contributed by atoms with E-state index in [9.17, 15) is 0 Å². The quantitative estimate of drug-likeness (QED) is 0.143. The Hall–Kier alpha value is -6.64. The second-order valence-corrected chi connectivity index (χ2v) is 20.1. The summed E-state index contributed by atoms with van der Waals surface area (Å²) in [6.45, 7) is 15.8. The van der Waals surface area contributed by atoms with Crippen molar-refractivity contribution in [2.45, 2.75) is 90.9 Å². The summed E-state index contributed by atoms with van der Waals surface area (Å²) in [5.41, 5.74) is 25.5. The van der Waals surface area contributed by atoms with Crippen molar-refractivity contribution < 1.29 is 0 Å². The molecule has 64 heavy (non-hydrogen) atoms. The Kier molecular flexibility index (Phi) is 9.58. The van der Waals surface area contributed by atoms with Crippen molar-refractivity contribution in [1.82, 2.24) is 0 Å². The molecule has 0 saturated heterocycles. The van der Waals surface area contributed by atoms with Crippen LogP contribution >= 0.6 is 0 Å². The smallest absolute Gasteiger partial charge is 0.0715 e. The molecule has 0 aliphatic heterocycles. The molecule has 0 spiro atoms. The summed E-state index contributed by atoms with van der Waals surface area (Å²) in [4.78, 5) is 4.92. The molecule has 0 amide bonds. The van der Waals surface area contributed by atoms with Gasteiger partial charge in [0.15, 0.2) is 0 Å². The second-order valence-electron chi connectivity index (χ2n) is 20.1. The molecule has 0 atom stereocenters. The average molecular weight is 831 g/mol. The predicted octanol–water partition coefficient (Wildman–Crippen LogP) is 16.2. The van der Waals surface area contributed by atoms with Crippen molar-refractivity contribution in [3.8, 4) is 11.1 Å². The molecule has 0 unspecified atom stereocenters. The van der Waals surface area contributed by atoms with Gasteiger partial charge in [0.2, 0.25) is 0 Å². The summed E-state index contributed by atoms with van der Waals surface area (Å²) in [7, 11) is 0. The van der Waals surface area contributed by atoms with E-state index in [2.05, 4.69) is 228 Å². The van der Waals surface area contributed by atoms with E-state index in [1.807, 2.05) is 0 Å². The lowest BCUT2D eigenvalue weighted by atomic mass is 9.65. The number of aryl methyl sites for hydroxylation is 6. The van der Waals surface area contributed by atoms with Crippen LogP contribution in [-0.4, -0.2) is 0 Å². The molecule has 0 heterocycles. The molecule has 0 N–H and O–H groups in total. The number of hydrogen-bond donors (Lipinski definition) is 0. The summed E-state index contributed by atoms with van der Waals surface area (Å²) in [6, 6.07) is 66.0. The van der Waals surface area contributed by atoms with Gasteiger partial charge >= 0.3 is 0 Å². The fourth-order valence-corrected chi connectivity index (χ4v) is 10.6. The van der Waals surface area contributed by atoms with Gasteiger partial charge in [-0.2, -0.15) is 0 Å². The second kappa shape index (κ2) is 15.3. The summed E-state index contributed by atoms with van der Waals surface area (Å²) in [5.74, 6) is 0.460. The lowest BCUT2D eigenvalue weighted by Gasteiger charge is -2.38. The molecule has 2 nitrogen and oxygen atoms in total. The van der Waals surface area contributed by atoms with E-state index in [4.69, 9.17) is 0 Å². The Balaban J connectivity index is 1.18. The van der Waals surface area contributed by atoms with Crippen molar-refractivity contribution in [2.75, 3.05) is 9.80 Å². The molecule has 0 fully saturated rings. The van der Waals surface area contributed by atoms with Crippen molar-refractivity contribution in [2.24, 2.45) is 0 Å². The predicted molar refractivity (Wildman–Crippen MR) is 270 cm³/mol. The van der Waals surface area contributed by atoms with Gasteiger partial charge in [-0.05, 0) is 190 Å². The van der Waals surface area contributed by atoms with Crippen LogP contribution in [0.1, 0.15) is 107 Å². The molecule has 0 bridgehead atoms. The third-order valence-electron chi connectivity index (χ3n) is 14.6. The van der Waals surface area contributed by atoms with Crippen LogP contribution < -0.4 is 9.80 Å². The van der Waals surface area contributed by atoms with Crippen LogP contribution in [0.5, 0.6) is 0 Å². The Morgan fingerprint density at radius 2 is 0.781 bits per heavy atom. The van der Waals surface area contributed by atoms with Crippen LogP contribution in [0.4, 0.5) is 34.1 Å². The highest BCUT2D eigenvalue weighted by Crippen LogP contribution is 2.59. The first kappa shape index (κ1) is 40.2. The van der Waals surface area contributed by atoms with E-state index in [-0.39, 0.29) is 5.41 Å². The molecule has 2 heteroatoms. The standard InChI is InChI=1S/C62H58N2/c1-40(2)43-18-28-53(29-19-43)63(51-24-8-41(3)9-25-51)55-32-34-57-58-35-33-56(64(52-26-10-42(4)11-27-52)54-30-22-48(23-31-54)61(5,6)7)39-60(58)62(59(57)38-55,49-20-16-44-12-14-46(44)36-49)50-21-17-45-13-15-47(45)37-50/h8-11,16-40H,12-15H2,1-7H3.